The first-order chi connectivity index (χ1) is 18.2. The topological polar surface area (TPSA) is 70.4 Å². The van der Waals surface area contributed by atoms with E-state index in [1.165, 1.54) is 5.56 Å². The molecule has 3 aromatic carbocycles. The summed E-state index contributed by atoms with van der Waals surface area (Å²) in [7, 11) is 0. The highest BCUT2D eigenvalue weighted by Gasteiger charge is 2.18. The van der Waals surface area contributed by atoms with Gasteiger partial charge in [-0.3, -0.25) is 0 Å². The summed E-state index contributed by atoms with van der Waals surface area (Å²) in [5, 5.41) is 21.7. The highest BCUT2D eigenvalue weighted by molar-refractivity contribution is 7.99. The van der Waals surface area contributed by atoms with Crippen LogP contribution in [0.15, 0.2) is 78.9 Å². The molecular formula is C32H32ClNO3S. The van der Waals surface area contributed by atoms with Crippen molar-refractivity contribution >= 4 is 52.4 Å². The minimum absolute atomic E-state index is 0.161. The molecule has 0 radical (unpaired) electrons. The molecule has 0 spiro atoms. The van der Waals surface area contributed by atoms with E-state index in [0.717, 1.165) is 39.9 Å². The van der Waals surface area contributed by atoms with Crippen molar-refractivity contribution < 1.29 is 15.0 Å². The number of aromatic carboxylic acids is 1. The molecule has 1 heterocycles. The van der Waals surface area contributed by atoms with Gasteiger partial charge in [-0.15, -0.1) is 0 Å². The smallest absolute Gasteiger partial charge is 0.335 e. The summed E-state index contributed by atoms with van der Waals surface area (Å²) in [6.45, 7) is 3.65. The summed E-state index contributed by atoms with van der Waals surface area (Å²) in [4.78, 5) is 16.4. The molecular weight excluding hydrogens is 514 g/mol. The first-order valence-electron chi connectivity index (χ1n) is 12.7. The van der Waals surface area contributed by atoms with Crippen molar-refractivity contribution in [1.29, 1.82) is 0 Å². The number of thioether (sulfide) groups is 1. The molecule has 0 bridgehead atoms. The highest BCUT2D eigenvalue weighted by atomic mass is 35.5. The van der Waals surface area contributed by atoms with Crippen molar-refractivity contribution in [3.8, 4) is 0 Å². The van der Waals surface area contributed by atoms with Crippen LogP contribution in [0, 0.1) is 0 Å². The molecule has 2 N–H and O–H groups in total. The number of aliphatic hydroxyl groups is 1. The monoisotopic (exact) mass is 545 g/mol. The van der Waals surface area contributed by atoms with Crippen molar-refractivity contribution in [3.05, 3.63) is 112 Å². The number of nitrogens with zero attached hydrogens (tertiary/aromatic N) is 1. The van der Waals surface area contributed by atoms with E-state index in [9.17, 15) is 15.0 Å². The highest BCUT2D eigenvalue weighted by Crippen LogP contribution is 2.35. The van der Waals surface area contributed by atoms with Gasteiger partial charge >= 0.3 is 5.97 Å². The molecule has 1 aromatic heterocycles. The fraction of sp³-hybridized carbons (Fsp3) is 0.250. The molecule has 4 rings (SSSR count). The Morgan fingerprint density at radius 2 is 1.82 bits per heavy atom. The van der Waals surface area contributed by atoms with Crippen LogP contribution in [0.5, 0.6) is 0 Å². The Bertz CT molecular complexity index is 1440. The molecule has 0 fully saturated rings. The number of fused-ring (bicyclic) bond motifs is 1. The number of benzene rings is 3. The third-order valence-electron chi connectivity index (χ3n) is 6.36. The predicted molar refractivity (Wildman–Crippen MR) is 160 cm³/mol. The Morgan fingerprint density at radius 1 is 1.03 bits per heavy atom. The minimum Gasteiger partial charge on any atom is -0.478 e. The van der Waals surface area contributed by atoms with E-state index in [0.29, 0.717) is 23.4 Å². The van der Waals surface area contributed by atoms with E-state index in [2.05, 4.69) is 30.3 Å². The molecule has 0 amide bonds. The van der Waals surface area contributed by atoms with Crippen LogP contribution in [0.2, 0.25) is 5.02 Å². The summed E-state index contributed by atoms with van der Waals surface area (Å²) >= 11 is 7.94. The summed E-state index contributed by atoms with van der Waals surface area (Å²) in [6, 6.07) is 25.4. The van der Waals surface area contributed by atoms with E-state index in [-0.39, 0.29) is 5.25 Å². The maximum Gasteiger partial charge on any atom is 0.335 e. The van der Waals surface area contributed by atoms with Gasteiger partial charge in [-0.25, -0.2) is 9.78 Å². The second-order valence-electron chi connectivity index (χ2n) is 10.00. The number of rotatable bonds is 11. The lowest BCUT2D eigenvalue weighted by Crippen LogP contribution is -2.19. The number of hydrogen-bond donors (Lipinski definition) is 2. The van der Waals surface area contributed by atoms with E-state index in [1.807, 2.05) is 62.4 Å². The number of carboxylic acid groups (broad SMARTS) is 1. The number of hydrogen-bond acceptors (Lipinski definition) is 4. The summed E-state index contributed by atoms with van der Waals surface area (Å²) in [5.74, 6) is -0.0956. The number of pyridine rings is 1. The number of carbonyl (C=O) groups is 1. The number of carboxylic acids is 1. The van der Waals surface area contributed by atoms with Crippen molar-refractivity contribution in [2.45, 2.75) is 44.0 Å². The third-order valence-corrected chi connectivity index (χ3v) is 7.95. The zero-order valence-corrected chi connectivity index (χ0v) is 23.2. The van der Waals surface area contributed by atoms with Crippen LogP contribution in [-0.4, -0.2) is 32.5 Å². The molecule has 0 aliphatic carbocycles. The van der Waals surface area contributed by atoms with Gasteiger partial charge in [0, 0.05) is 15.7 Å². The van der Waals surface area contributed by atoms with Crippen LogP contribution in [0.4, 0.5) is 0 Å². The second-order valence-corrected chi connectivity index (χ2v) is 11.7. The lowest BCUT2D eigenvalue weighted by atomic mass is 9.98. The van der Waals surface area contributed by atoms with Gasteiger partial charge < -0.3 is 10.2 Å². The molecule has 0 saturated heterocycles. The van der Waals surface area contributed by atoms with Crippen LogP contribution in [0.1, 0.15) is 64.7 Å². The first kappa shape index (κ1) is 27.9. The number of aryl methyl sites for hydroxylation is 1. The fourth-order valence-corrected chi connectivity index (χ4v) is 5.97. The number of aromatic nitrogens is 1. The normalized spacial score (nSPS) is 12.7. The SMILES string of the molecule is CC(C)(O)CCS[C@@H](CCc1ccccc1C(=O)O)c1cccc(C=Cc2ccc3ccc(Cl)cc3n2)c1. The van der Waals surface area contributed by atoms with Crippen LogP contribution >= 0.6 is 23.4 Å². The Kier molecular flexibility index (Phi) is 9.26. The average Bonchev–Trinajstić information content (AvgIpc) is 2.88. The summed E-state index contributed by atoms with van der Waals surface area (Å²) < 4.78 is 0. The van der Waals surface area contributed by atoms with Crippen molar-refractivity contribution in [1.82, 2.24) is 4.98 Å². The van der Waals surface area contributed by atoms with E-state index in [1.54, 1.807) is 23.9 Å². The van der Waals surface area contributed by atoms with Crippen LogP contribution in [0.25, 0.3) is 23.1 Å². The third kappa shape index (κ3) is 7.94. The van der Waals surface area contributed by atoms with Gasteiger partial charge in [-0.05, 0) is 85.9 Å². The molecule has 4 aromatic rings. The number of halogens is 1. The molecule has 4 nitrogen and oxygen atoms in total. The van der Waals surface area contributed by atoms with E-state index in [4.69, 9.17) is 16.6 Å². The van der Waals surface area contributed by atoms with Crippen LogP contribution in [-0.2, 0) is 6.42 Å². The molecule has 0 aliphatic rings. The van der Waals surface area contributed by atoms with Gasteiger partial charge in [-0.1, -0.05) is 72.3 Å². The van der Waals surface area contributed by atoms with Gasteiger partial charge in [-0.2, -0.15) is 11.8 Å². The Labute approximate surface area is 233 Å². The quantitative estimate of drug-likeness (QED) is 0.198. The van der Waals surface area contributed by atoms with Gasteiger partial charge in [0.15, 0.2) is 0 Å². The van der Waals surface area contributed by atoms with Gasteiger partial charge in [0.2, 0.25) is 0 Å². The largest absolute Gasteiger partial charge is 0.478 e. The molecule has 6 heteroatoms. The standard InChI is InChI=1S/C32H32ClNO3S/c1-32(2,37)18-19-38-30(17-13-23-7-3-4-9-28(23)31(35)36)25-8-5-6-22(20-25)10-15-27-16-12-24-11-14-26(33)21-29(24)34-27/h3-12,14-16,20-21,30,37H,13,17-19H2,1-2H3,(H,35,36)/t30-/m0/s1. The maximum atomic E-state index is 11.7. The molecule has 196 valence electrons. The van der Waals surface area contributed by atoms with E-state index >= 15 is 0 Å². The van der Waals surface area contributed by atoms with Crippen LogP contribution < -0.4 is 0 Å². The molecule has 0 saturated carbocycles. The van der Waals surface area contributed by atoms with Gasteiger partial charge in [0.05, 0.1) is 22.4 Å². The van der Waals surface area contributed by atoms with Gasteiger partial charge in [0.1, 0.15) is 0 Å². The van der Waals surface area contributed by atoms with Crippen molar-refractivity contribution in [2.75, 3.05) is 5.75 Å². The lowest BCUT2D eigenvalue weighted by Gasteiger charge is -2.21. The Morgan fingerprint density at radius 3 is 2.61 bits per heavy atom. The average molecular weight is 546 g/mol. The fourth-order valence-electron chi connectivity index (χ4n) is 4.27. The molecule has 0 aliphatic heterocycles. The van der Waals surface area contributed by atoms with E-state index < -0.39 is 11.6 Å². The first-order valence-corrected chi connectivity index (χ1v) is 14.1. The second kappa shape index (κ2) is 12.6. The van der Waals surface area contributed by atoms with Gasteiger partial charge in [0.25, 0.3) is 0 Å². The summed E-state index contributed by atoms with van der Waals surface area (Å²) in [5.41, 5.74) is 4.42. The predicted octanol–water partition coefficient (Wildman–Crippen LogP) is 8.32. The molecule has 38 heavy (non-hydrogen) atoms. The van der Waals surface area contributed by atoms with Crippen molar-refractivity contribution in [3.63, 3.8) is 0 Å². The van der Waals surface area contributed by atoms with Crippen molar-refractivity contribution in [2.24, 2.45) is 0 Å². The Hall–Kier alpha value is -3.12. The lowest BCUT2D eigenvalue weighted by molar-refractivity contribution is 0.0694. The molecule has 0 unspecified atom stereocenters. The molecule has 1 atom stereocenters. The summed E-state index contributed by atoms with van der Waals surface area (Å²) in [6.07, 6.45) is 6.18. The Balaban J connectivity index is 1.54. The zero-order chi connectivity index (χ0) is 27.1. The zero-order valence-electron chi connectivity index (χ0n) is 21.6. The maximum absolute atomic E-state index is 11.7. The minimum atomic E-state index is -0.900. The van der Waals surface area contributed by atoms with Crippen LogP contribution in [0.3, 0.4) is 0 Å².